The molecule has 0 spiro atoms. The van der Waals surface area contributed by atoms with Gasteiger partial charge in [0.25, 0.3) is 0 Å². The Morgan fingerprint density at radius 3 is 2.61 bits per heavy atom. The van der Waals surface area contributed by atoms with Crippen LogP contribution in [0.25, 0.3) is 0 Å². The third-order valence-corrected chi connectivity index (χ3v) is 5.02. The number of hydrogen-bond donors (Lipinski definition) is 1. The Kier molecular flexibility index (Phi) is 2.44. The van der Waals surface area contributed by atoms with Crippen LogP contribution in [0.5, 0.6) is 0 Å². The summed E-state index contributed by atoms with van der Waals surface area (Å²) in [5.41, 5.74) is 0.622. The van der Waals surface area contributed by atoms with Crippen LogP contribution in [0.4, 0.5) is 5.82 Å². The molecule has 18 heavy (non-hydrogen) atoms. The third-order valence-electron chi connectivity index (χ3n) is 4.61. The zero-order valence-electron chi connectivity index (χ0n) is 10.5. The highest BCUT2D eigenvalue weighted by atomic mass is 79.9. The van der Waals surface area contributed by atoms with Gasteiger partial charge in [-0.2, -0.15) is 0 Å². The van der Waals surface area contributed by atoms with Crippen molar-refractivity contribution in [3.05, 3.63) is 16.5 Å². The quantitative estimate of drug-likeness (QED) is 0.843. The molecule has 3 aliphatic rings. The lowest BCUT2D eigenvalue weighted by molar-refractivity contribution is 0.466. The third kappa shape index (κ3) is 2.15. The number of hydrogen-bond acceptors (Lipinski definition) is 3. The predicted molar refractivity (Wildman–Crippen MR) is 74.6 cm³/mol. The van der Waals surface area contributed by atoms with Gasteiger partial charge >= 0.3 is 0 Å². The highest BCUT2D eigenvalue weighted by Gasteiger charge is 2.53. The van der Waals surface area contributed by atoms with Crippen molar-refractivity contribution in [2.24, 2.45) is 11.3 Å². The van der Waals surface area contributed by atoms with Crippen LogP contribution in [0.3, 0.4) is 0 Å². The molecule has 0 atom stereocenters. The van der Waals surface area contributed by atoms with E-state index in [4.69, 9.17) is 0 Å². The zero-order valence-corrected chi connectivity index (χ0v) is 12.0. The van der Waals surface area contributed by atoms with Crippen molar-refractivity contribution < 1.29 is 0 Å². The molecule has 1 aromatic heterocycles. The second-order valence-electron chi connectivity index (χ2n) is 6.20. The van der Waals surface area contributed by atoms with Gasteiger partial charge in [0.05, 0.1) is 0 Å². The number of nitrogens with one attached hydrogen (secondary N) is 1. The second-order valence-corrected chi connectivity index (χ2v) is 7.01. The molecule has 3 aliphatic carbocycles. The van der Waals surface area contributed by atoms with Gasteiger partial charge in [0.15, 0.2) is 0 Å². The van der Waals surface area contributed by atoms with Gasteiger partial charge in [-0.15, -0.1) is 0 Å². The lowest BCUT2D eigenvalue weighted by Gasteiger charge is -2.15. The smallest absolute Gasteiger partial charge is 0.135 e. The van der Waals surface area contributed by atoms with E-state index >= 15 is 0 Å². The van der Waals surface area contributed by atoms with Crippen molar-refractivity contribution in [2.75, 3.05) is 11.9 Å². The maximum absolute atomic E-state index is 4.65. The lowest BCUT2D eigenvalue weighted by Crippen LogP contribution is -2.18. The van der Waals surface area contributed by atoms with Crippen LogP contribution in [0.15, 0.2) is 10.7 Å². The minimum atomic E-state index is 0.612. The summed E-state index contributed by atoms with van der Waals surface area (Å²) in [4.78, 5) is 9.12. The van der Waals surface area contributed by atoms with Gasteiger partial charge < -0.3 is 5.32 Å². The first kappa shape index (κ1) is 11.2. The Labute approximate surface area is 116 Å². The Morgan fingerprint density at radius 1 is 1.22 bits per heavy atom. The lowest BCUT2D eigenvalue weighted by atomic mass is 10.0. The fourth-order valence-corrected chi connectivity index (χ4v) is 3.30. The average Bonchev–Trinajstić information content (AvgIpc) is 3.24. The molecular formula is C14H18BrN3. The number of aromatic nitrogens is 2. The topological polar surface area (TPSA) is 37.8 Å². The highest BCUT2D eigenvalue weighted by molar-refractivity contribution is 9.10. The summed E-state index contributed by atoms with van der Waals surface area (Å²) < 4.78 is 0.915. The molecule has 0 amide bonds. The molecule has 1 aromatic rings. The Bertz CT molecular complexity index is 476. The minimum absolute atomic E-state index is 0.612. The number of rotatable bonds is 5. The van der Waals surface area contributed by atoms with Crippen molar-refractivity contribution in [1.29, 1.82) is 0 Å². The van der Waals surface area contributed by atoms with Crippen LogP contribution < -0.4 is 5.32 Å². The molecule has 1 N–H and O–H groups in total. The van der Waals surface area contributed by atoms with E-state index < -0.39 is 0 Å². The molecule has 3 saturated carbocycles. The molecule has 0 aliphatic heterocycles. The maximum Gasteiger partial charge on any atom is 0.135 e. The van der Waals surface area contributed by atoms with Crippen molar-refractivity contribution in [3.8, 4) is 0 Å². The largest absolute Gasteiger partial charge is 0.369 e. The van der Waals surface area contributed by atoms with Crippen LogP contribution in [-0.4, -0.2) is 16.5 Å². The van der Waals surface area contributed by atoms with E-state index in [2.05, 4.69) is 31.2 Å². The van der Waals surface area contributed by atoms with E-state index in [1.807, 2.05) is 6.07 Å². The van der Waals surface area contributed by atoms with Crippen LogP contribution in [0.2, 0.25) is 0 Å². The molecule has 0 unspecified atom stereocenters. The molecule has 0 saturated heterocycles. The minimum Gasteiger partial charge on any atom is -0.369 e. The van der Waals surface area contributed by atoms with Gasteiger partial charge in [-0.1, -0.05) is 0 Å². The van der Waals surface area contributed by atoms with Gasteiger partial charge in [-0.3, -0.25) is 0 Å². The van der Waals surface area contributed by atoms with E-state index in [0.29, 0.717) is 11.3 Å². The molecule has 4 heteroatoms. The fourth-order valence-electron chi connectivity index (χ4n) is 2.90. The van der Waals surface area contributed by atoms with Crippen LogP contribution in [-0.2, 0) is 0 Å². The molecule has 1 heterocycles. The molecule has 0 aromatic carbocycles. The van der Waals surface area contributed by atoms with Gasteiger partial charge in [-0.25, -0.2) is 9.97 Å². The zero-order chi connectivity index (χ0) is 12.2. The van der Waals surface area contributed by atoms with Crippen molar-refractivity contribution in [3.63, 3.8) is 0 Å². The maximum atomic E-state index is 4.65. The Balaban J connectivity index is 1.47. The van der Waals surface area contributed by atoms with E-state index in [1.54, 1.807) is 0 Å². The number of nitrogens with zero attached hydrogens (tertiary/aromatic N) is 2. The summed E-state index contributed by atoms with van der Waals surface area (Å²) in [6.07, 6.45) is 8.22. The fraction of sp³-hybridized carbons (Fsp3) is 0.714. The first-order valence-corrected chi connectivity index (χ1v) is 7.83. The molecule has 0 bridgehead atoms. The van der Waals surface area contributed by atoms with Gasteiger partial charge in [-0.05, 0) is 65.8 Å². The number of halogens is 1. The molecule has 4 rings (SSSR count). The van der Waals surface area contributed by atoms with Gasteiger partial charge in [0.2, 0.25) is 0 Å². The molecule has 3 fully saturated rings. The van der Waals surface area contributed by atoms with Crippen LogP contribution >= 0.6 is 15.9 Å². The van der Waals surface area contributed by atoms with Gasteiger partial charge in [0.1, 0.15) is 16.2 Å². The van der Waals surface area contributed by atoms with Gasteiger partial charge in [0, 0.05) is 18.5 Å². The molecule has 3 nitrogen and oxygen atoms in total. The second kappa shape index (κ2) is 3.92. The summed E-state index contributed by atoms with van der Waals surface area (Å²) in [5.74, 6) is 3.63. The summed E-state index contributed by atoms with van der Waals surface area (Å²) in [6.45, 7) is 1.10. The van der Waals surface area contributed by atoms with E-state index in [1.165, 1.54) is 38.5 Å². The summed E-state index contributed by atoms with van der Waals surface area (Å²) in [5, 5.41) is 3.55. The van der Waals surface area contributed by atoms with E-state index in [0.717, 1.165) is 28.7 Å². The molecule has 0 radical (unpaired) electrons. The molecular weight excluding hydrogens is 290 g/mol. The van der Waals surface area contributed by atoms with Crippen LogP contribution in [0, 0.1) is 11.3 Å². The van der Waals surface area contributed by atoms with E-state index in [9.17, 15) is 0 Å². The average molecular weight is 308 g/mol. The van der Waals surface area contributed by atoms with Crippen molar-refractivity contribution in [1.82, 2.24) is 9.97 Å². The monoisotopic (exact) mass is 307 g/mol. The standard InChI is InChI=1S/C14H18BrN3/c15-11-7-12(18-13(17-11)9-1-2-9)16-8-14(5-6-14)10-3-4-10/h7,9-10H,1-6,8H2,(H,16,17,18). The van der Waals surface area contributed by atoms with Crippen LogP contribution in [0.1, 0.15) is 50.3 Å². The summed E-state index contributed by atoms with van der Waals surface area (Å²) >= 11 is 3.50. The highest BCUT2D eigenvalue weighted by Crippen LogP contribution is 2.61. The van der Waals surface area contributed by atoms with Crippen molar-refractivity contribution in [2.45, 2.75) is 44.4 Å². The van der Waals surface area contributed by atoms with E-state index in [-0.39, 0.29) is 0 Å². The Hall–Kier alpha value is -0.640. The predicted octanol–water partition coefficient (Wildman–Crippen LogP) is 3.72. The normalized spacial score (nSPS) is 24.9. The van der Waals surface area contributed by atoms with Crippen molar-refractivity contribution >= 4 is 21.7 Å². The first-order chi connectivity index (χ1) is 8.75. The SMILES string of the molecule is Brc1cc(NCC2(C3CC3)CC2)nc(C2CC2)n1. The first-order valence-electron chi connectivity index (χ1n) is 7.04. The number of anilines is 1. The summed E-state index contributed by atoms with van der Waals surface area (Å²) in [6, 6.07) is 2.01. The summed E-state index contributed by atoms with van der Waals surface area (Å²) in [7, 11) is 0. The molecule has 96 valence electrons. The Morgan fingerprint density at radius 2 is 2.00 bits per heavy atom.